The Morgan fingerprint density at radius 2 is 1.82 bits per heavy atom. The first-order valence-electron chi connectivity index (χ1n) is 6.46. The van der Waals surface area contributed by atoms with Crippen LogP contribution in [-0.2, 0) is 0 Å². The minimum Gasteiger partial charge on any atom is -0.494 e. The summed E-state index contributed by atoms with van der Waals surface area (Å²) in [5.41, 5.74) is 0.787. The fourth-order valence-corrected chi connectivity index (χ4v) is 1.78. The van der Waals surface area contributed by atoms with Crippen LogP contribution >= 0.6 is 0 Å². The normalized spacial score (nSPS) is 12.2. The molecule has 2 heteroatoms. The second-order valence-corrected chi connectivity index (χ2v) is 4.43. The Kier molecular flexibility index (Phi) is 5.75. The highest BCUT2D eigenvalue weighted by Gasteiger charge is 2.13. The molecular weight excluding hydrogens is 212 g/mol. The number of carbonyl (C=O) groups is 1. The Bertz CT molecular complexity index is 340. The molecule has 1 aromatic rings. The van der Waals surface area contributed by atoms with E-state index in [-0.39, 0.29) is 11.7 Å². The fourth-order valence-electron chi connectivity index (χ4n) is 1.78. The van der Waals surface area contributed by atoms with Gasteiger partial charge in [0, 0.05) is 11.5 Å². The minimum atomic E-state index is 0.113. The zero-order valence-electron chi connectivity index (χ0n) is 11.0. The van der Waals surface area contributed by atoms with Crippen molar-refractivity contribution in [1.82, 2.24) is 0 Å². The van der Waals surface area contributed by atoms with Crippen LogP contribution in [0.5, 0.6) is 5.75 Å². The molecule has 0 fully saturated rings. The van der Waals surface area contributed by atoms with Gasteiger partial charge in [0.05, 0.1) is 6.61 Å². The smallest absolute Gasteiger partial charge is 0.165 e. The third-order valence-corrected chi connectivity index (χ3v) is 2.78. The molecule has 0 heterocycles. The fraction of sp³-hybridized carbons (Fsp3) is 0.533. The quantitative estimate of drug-likeness (QED) is 0.664. The van der Waals surface area contributed by atoms with Gasteiger partial charge in [0.25, 0.3) is 0 Å². The second-order valence-electron chi connectivity index (χ2n) is 4.43. The predicted molar refractivity (Wildman–Crippen MR) is 70.6 cm³/mol. The van der Waals surface area contributed by atoms with Gasteiger partial charge in [-0.15, -0.1) is 0 Å². The molecule has 0 N–H and O–H groups in total. The lowest BCUT2D eigenvalue weighted by Crippen LogP contribution is -2.10. The summed E-state index contributed by atoms with van der Waals surface area (Å²) >= 11 is 0. The van der Waals surface area contributed by atoms with Crippen molar-refractivity contribution in [3.8, 4) is 5.75 Å². The number of carbonyl (C=O) groups excluding carboxylic acids is 1. The summed E-state index contributed by atoms with van der Waals surface area (Å²) in [7, 11) is 0. The van der Waals surface area contributed by atoms with E-state index in [4.69, 9.17) is 4.74 Å². The molecule has 2 nitrogen and oxygen atoms in total. The summed E-state index contributed by atoms with van der Waals surface area (Å²) in [4.78, 5) is 12.0. The summed E-state index contributed by atoms with van der Waals surface area (Å²) in [6.45, 7) is 6.89. The maximum absolute atomic E-state index is 12.0. The Balaban J connectivity index is 2.63. The van der Waals surface area contributed by atoms with Gasteiger partial charge in [-0.1, -0.05) is 27.2 Å². The highest BCUT2D eigenvalue weighted by molar-refractivity contribution is 5.97. The molecule has 94 valence electrons. The average Bonchev–Trinajstić information content (AvgIpc) is 2.36. The lowest BCUT2D eigenvalue weighted by atomic mass is 9.95. The molecule has 0 aromatic heterocycles. The Morgan fingerprint density at radius 3 is 2.35 bits per heavy atom. The maximum atomic E-state index is 12.0. The second kappa shape index (κ2) is 7.10. The monoisotopic (exact) mass is 234 g/mol. The molecule has 0 spiro atoms. The van der Waals surface area contributed by atoms with Crippen LogP contribution in [0.25, 0.3) is 0 Å². The Morgan fingerprint density at radius 1 is 1.18 bits per heavy atom. The molecule has 0 aliphatic rings. The topological polar surface area (TPSA) is 26.3 Å². The van der Waals surface area contributed by atoms with Crippen LogP contribution in [0.4, 0.5) is 0 Å². The van der Waals surface area contributed by atoms with E-state index in [1.807, 2.05) is 31.2 Å². The molecule has 0 bridgehead atoms. The van der Waals surface area contributed by atoms with E-state index in [2.05, 4.69) is 13.8 Å². The molecule has 0 aliphatic heterocycles. The third-order valence-electron chi connectivity index (χ3n) is 2.78. The summed E-state index contributed by atoms with van der Waals surface area (Å²) < 4.78 is 5.49. The molecule has 0 aliphatic carbocycles. The van der Waals surface area contributed by atoms with Gasteiger partial charge in [-0.25, -0.2) is 0 Å². The molecule has 1 unspecified atom stereocenters. The molecule has 1 atom stereocenters. The lowest BCUT2D eigenvalue weighted by molar-refractivity contribution is 0.0923. The van der Waals surface area contributed by atoms with Crippen molar-refractivity contribution in [1.29, 1.82) is 0 Å². The number of ether oxygens (including phenoxy) is 1. The molecule has 0 radical (unpaired) electrons. The minimum absolute atomic E-state index is 0.113. The van der Waals surface area contributed by atoms with Crippen molar-refractivity contribution >= 4 is 5.78 Å². The summed E-state index contributed by atoms with van der Waals surface area (Å²) in [6, 6.07) is 7.47. The average molecular weight is 234 g/mol. The summed E-state index contributed by atoms with van der Waals surface area (Å²) in [5.74, 6) is 1.18. The highest BCUT2D eigenvalue weighted by Crippen LogP contribution is 2.17. The maximum Gasteiger partial charge on any atom is 0.165 e. The van der Waals surface area contributed by atoms with Gasteiger partial charge in [-0.05, 0) is 37.1 Å². The number of hydrogen-bond acceptors (Lipinski definition) is 2. The molecule has 0 saturated heterocycles. The van der Waals surface area contributed by atoms with Crippen LogP contribution in [0.15, 0.2) is 24.3 Å². The SMILES string of the molecule is CCCOc1ccc(C(=O)C(C)CCC)cc1. The molecule has 1 aromatic carbocycles. The molecular formula is C15H22O2. The molecule has 0 amide bonds. The van der Waals surface area contributed by atoms with Crippen LogP contribution in [0.1, 0.15) is 50.4 Å². The van der Waals surface area contributed by atoms with Crippen molar-refractivity contribution in [2.75, 3.05) is 6.61 Å². The summed E-state index contributed by atoms with van der Waals surface area (Å²) in [5, 5.41) is 0. The van der Waals surface area contributed by atoms with Gasteiger partial charge in [0.2, 0.25) is 0 Å². The van der Waals surface area contributed by atoms with Crippen molar-refractivity contribution < 1.29 is 9.53 Å². The van der Waals surface area contributed by atoms with Gasteiger partial charge in [-0.2, -0.15) is 0 Å². The number of benzene rings is 1. The van der Waals surface area contributed by atoms with Crippen molar-refractivity contribution in [3.05, 3.63) is 29.8 Å². The number of hydrogen-bond donors (Lipinski definition) is 0. The van der Waals surface area contributed by atoms with Gasteiger partial charge in [0.1, 0.15) is 5.75 Å². The lowest BCUT2D eigenvalue weighted by Gasteiger charge is -2.10. The van der Waals surface area contributed by atoms with Crippen LogP contribution in [0, 0.1) is 5.92 Å². The number of rotatable bonds is 7. The largest absolute Gasteiger partial charge is 0.494 e. The van der Waals surface area contributed by atoms with Crippen LogP contribution in [-0.4, -0.2) is 12.4 Å². The predicted octanol–water partition coefficient (Wildman–Crippen LogP) is 4.09. The standard InChI is InChI=1S/C15H22O2/c1-4-6-12(3)15(16)13-7-9-14(10-8-13)17-11-5-2/h7-10,12H,4-6,11H2,1-3H3. The number of ketones is 1. The van der Waals surface area contributed by atoms with E-state index in [1.54, 1.807) is 0 Å². The first-order chi connectivity index (χ1) is 8.19. The van der Waals surface area contributed by atoms with Crippen molar-refractivity contribution in [2.45, 2.75) is 40.0 Å². The Labute approximate surface area is 104 Å². The van der Waals surface area contributed by atoms with Crippen molar-refractivity contribution in [3.63, 3.8) is 0 Å². The van der Waals surface area contributed by atoms with E-state index < -0.39 is 0 Å². The van der Waals surface area contributed by atoms with Gasteiger partial charge in [-0.3, -0.25) is 4.79 Å². The summed E-state index contributed by atoms with van der Waals surface area (Å²) in [6.07, 6.45) is 2.99. The van der Waals surface area contributed by atoms with Crippen LogP contribution < -0.4 is 4.74 Å². The molecule has 1 rings (SSSR count). The zero-order valence-corrected chi connectivity index (χ0v) is 11.0. The van der Waals surface area contributed by atoms with Crippen molar-refractivity contribution in [2.24, 2.45) is 5.92 Å². The van der Waals surface area contributed by atoms with Crippen LogP contribution in [0.2, 0.25) is 0 Å². The first-order valence-corrected chi connectivity index (χ1v) is 6.46. The van der Waals surface area contributed by atoms with E-state index in [9.17, 15) is 4.79 Å². The Hall–Kier alpha value is -1.31. The van der Waals surface area contributed by atoms with E-state index in [0.29, 0.717) is 0 Å². The van der Waals surface area contributed by atoms with Gasteiger partial charge >= 0.3 is 0 Å². The molecule has 0 saturated carbocycles. The number of Topliss-reactive ketones (excluding diaryl/α,β-unsaturated/α-hetero) is 1. The zero-order chi connectivity index (χ0) is 12.7. The van der Waals surface area contributed by atoms with E-state index in [1.165, 1.54) is 0 Å². The van der Waals surface area contributed by atoms with E-state index in [0.717, 1.165) is 37.2 Å². The van der Waals surface area contributed by atoms with E-state index >= 15 is 0 Å². The highest BCUT2D eigenvalue weighted by atomic mass is 16.5. The van der Waals surface area contributed by atoms with Gasteiger partial charge in [0.15, 0.2) is 5.78 Å². The van der Waals surface area contributed by atoms with Gasteiger partial charge < -0.3 is 4.74 Å². The molecule has 17 heavy (non-hydrogen) atoms. The van der Waals surface area contributed by atoms with Crippen LogP contribution in [0.3, 0.4) is 0 Å². The third kappa shape index (κ3) is 4.22. The first kappa shape index (κ1) is 13.8.